The molecule has 0 heterocycles. The fourth-order valence-electron chi connectivity index (χ4n) is 1.04. The van der Waals surface area contributed by atoms with Crippen LogP contribution in [0.4, 0.5) is 5.69 Å². The highest BCUT2D eigenvalue weighted by Gasteiger charge is 2.10. The van der Waals surface area contributed by atoms with E-state index in [4.69, 9.17) is 4.18 Å². The van der Waals surface area contributed by atoms with Crippen LogP contribution in [0.2, 0.25) is 0 Å². The molecule has 16 heavy (non-hydrogen) atoms. The van der Waals surface area contributed by atoms with Gasteiger partial charge < -0.3 is 9.50 Å². The summed E-state index contributed by atoms with van der Waals surface area (Å²) in [5.41, 5.74) is 0.347. The Morgan fingerprint density at radius 3 is 2.56 bits per heavy atom. The Morgan fingerprint density at radius 1 is 1.38 bits per heavy atom. The predicted molar refractivity (Wildman–Crippen MR) is 60.8 cm³/mol. The number of nitrogens with one attached hydrogen (secondary N) is 1. The number of carbonyl (C=O) groups excluding carboxylic acids is 1. The van der Waals surface area contributed by atoms with Gasteiger partial charge in [-0.2, -0.15) is 8.42 Å². The molecule has 5 nitrogen and oxygen atoms in total. The zero-order valence-electron chi connectivity index (χ0n) is 9.06. The van der Waals surface area contributed by atoms with Crippen LogP contribution >= 0.6 is 0 Å². The van der Waals surface area contributed by atoms with Gasteiger partial charge in [0.2, 0.25) is 5.91 Å². The van der Waals surface area contributed by atoms with Crippen LogP contribution < -0.4 is 9.50 Å². The number of amides is 1. The van der Waals surface area contributed by atoms with Crippen LogP contribution in [-0.4, -0.2) is 20.6 Å². The van der Waals surface area contributed by atoms with E-state index in [9.17, 15) is 13.2 Å². The molecule has 1 amide bonds. The monoisotopic (exact) mass is 243 g/mol. The van der Waals surface area contributed by atoms with Crippen molar-refractivity contribution >= 4 is 21.7 Å². The Kier molecular flexibility index (Phi) is 3.89. The molecule has 0 bridgehead atoms. The smallest absolute Gasteiger partial charge is 0.306 e. The molecule has 0 radical (unpaired) electrons. The van der Waals surface area contributed by atoms with Gasteiger partial charge >= 0.3 is 10.1 Å². The Hall–Kier alpha value is -1.56. The summed E-state index contributed by atoms with van der Waals surface area (Å²) in [4.78, 5) is 11.2. The largest absolute Gasteiger partial charge is 0.380 e. The zero-order chi connectivity index (χ0) is 12.2. The van der Waals surface area contributed by atoms with Crippen LogP contribution in [-0.2, 0) is 14.9 Å². The lowest BCUT2D eigenvalue weighted by atomic mass is 10.3. The summed E-state index contributed by atoms with van der Waals surface area (Å²) in [6.07, 6.45) is 1.26. The maximum absolute atomic E-state index is 11.2. The van der Waals surface area contributed by atoms with Gasteiger partial charge in [0, 0.05) is 6.42 Å². The van der Waals surface area contributed by atoms with Crippen LogP contribution in [0.1, 0.15) is 13.3 Å². The highest BCUT2D eigenvalue weighted by Crippen LogP contribution is 2.24. The van der Waals surface area contributed by atoms with E-state index in [0.29, 0.717) is 12.1 Å². The molecule has 1 rings (SSSR count). The molecule has 0 aliphatic rings. The SMILES string of the molecule is CCC(=O)Nc1ccccc1OS(C)(=O)=O. The van der Waals surface area contributed by atoms with E-state index in [-0.39, 0.29) is 11.7 Å². The first-order chi connectivity index (χ1) is 7.42. The molecule has 0 atom stereocenters. The molecular formula is C10H13NO4S. The Bertz CT molecular complexity index is 481. The zero-order valence-corrected chi connectivity index (χ0v) is 9.87. The molecule has 1 N–H and O–H groups in total. The average molecular weight is 243 g/mol. The van der Waals surface area contributed by atoms with Crippen LogP contribution in [0.25, 0.3) is 0 Å². The standard InChI is InChI=1S/C10H13NO4S/c1-3-10(12)11-8-6-4-5-7-9(8)15-16(2,13)14/h4-7H,3H2,1-2H3,(H,11,12). The van der Waals surface area contributed by atoms with Gasteiger partial charge in [-0.1, -0.05) is 19.1 Å². The summed E-state index contributed by atoms with van der Waals surface area (Å²) < 4.78 is 26.7. The average Bonchev–Trinajstić information content (AvgIpc) is 2.18. The molecule has 6 heteroatoms. The number of hydrogen-bond acceptors (Lipinski definition) is 4. The van der Waals surface area contributed by atoms with Crippen LogP contribution in [0.15, 0.2) is 24.3 Å². The van der Waals surface area contributed by atoms with Gasteiger partial charge in [-0.05, 0) is 12.1 Å². The highest BCUT2D eigenvalue weighted by molar-refractivity contribution is 7.86. The molecule has 88 valence electrons. The fraction of sp³-hybridized carbons (Fsp3) is 0.300. The summed E-state index contributed by atoms with van der Waals surface area (Å²) in [5.74, 6) is -0.0867. The van der Waals surface area contributed by atoms with Crippen molar-refractivity contribution in [2.75, 3.05) is 11.6 Å². The Balaban J connectivity index is 2.96. The van der Waals surface area contributed by atoms with Gasteiger partial charge in [0.1, 0.15) is 0 Å². The van der Waals surface area contributed by atoms with Crippen molar-refractivity contribution < 1.29 is 17.4 Å². The second-order valence-electron chi connectivity index (χ2n) is 3.19. The fourth-order valence-corrected chi connectivity index (χ4v) is 1.52. The van der Waals surface area contributed by atoms with Crippen molar-refractivity contribution in [2.45, 2.75) is 13.3 Å². The first-order valence-corrected chi connectivity index (χ1v) is 6.52. The minimum atomic E-state index is -3.59. The molecule has 0 fully saturated rings. The van der Waals surface area contributed by atoms with Crippen LogP contribution in [0.5, 0.6) is 5.75 Å². The summed E-state index contributed by atoms with van der Waals surface area (Å²) in [6.45, 7) is 1.70. The van der Waals surface area contributed by atoms with E-state index in [1.54, 1.807) is 25.1 Å². The Labute approximate surface area is 94.6 Å². The molecular weight excluding hydrogens is 230 g/mol. The predicted octanol–water partition coefficient (Wildman–Crippen LogP) is 1.37. The molecule has 0 spiro atoms. The Morgan fingerprint density at radius 2 is 2.00 bits per heavy atom. The van der Waals surface area contributed by atoms with Crippen molar-refractivity contribution in [3.8, 4) is 5.75 Å². The second-order valence-corrected chi connectivity index (χ2v) is 4.76. The third kappa shape index (κ3) is 3.90. The number of para-hydroxylation sites is 2. The quantitative estimate of drug-likeness (QED) is 0.811. The second kappa shape index (κ2) is 4.98. The third-order valence-electron chi connectivity index (χ3n) is 1.72. The first-order valence-electron chi connectivity index (χ1n) is 4.70. The van der Waals surface area contributed by atoms with E-state index in [0.717, 1.165) is 6.26 Å². The minimum absolute atomic E-state index is 0.117. The minimum Gasteiger partial charge on any atom is -0.380 e. The van der Waals surface area contributed by atoms with Crippen LogP contribution in [0, 0.1) is 0 Å². The maximum atomic E-state index is 11.2. The summed E-state index contributed by atoms with van der Waals surface area (Å²) in [7, 11) is -3.59. The maximum Gasteiger partial charge on any atom is 0.306 e. The molecule has 0 saturated carbocycles. The van der Waals surface area contributed by atoms with Gasteiger partial charge in [-0.15, -0.1) is 0 Å². The molecule has 0 aliphatic heterocycles. The van der Waals surface area contributed by atoms with E-state index >= 15 is 0 Å². The topological polar surface area (TPSA) is 72.5 Å². The van der Waals surface area contributed by atoms with Crippen LogP contribution in [0.3, 0.4) is 0 Å². The van der Waals surface area contributed by atoms with Crippen molar-refractivity contribution in [3.63, 3.8) is 0 Å². The van der Waals surface area contributed by atoms with Crippen molar-refractivity contribution in [1.82, 2.24) is 0 Å². The third-order valence-corrected chi connectivity index (χ3v) is 2.21. The number of carbonyl (C=O) groups is 1. The number of anilines is 1. The lowest BCUT2D eigenvalue weighted by Gasteiger charge is -2.09. The first kappa shape index (κ1) is 12.5. The molecule has 1 aromatic carbocycles. The number of hydrogen-bond donors (Lipinski definition) is 1. The van der Waals surface area contributed by atoms with E-state index in [1.165, 1.54) is 6.07 Å². The highest BCUT2D eigenvalue weighted by atomic mass is 32.2. The van der Waals surface area contributed by atoms with E-state index < -0.39 is 10.1 Å². The van der Waals surface area contributed by atoms with E-state index in [1.807, 2.05) is 0 Å². The lowest BCUT2D eigenvalue weighted by Crippen LogP contribution is -2.12. The van der Waals surface area contributed by atoms with Gasteiger partial charge in [0.25, 0.3) is 0 Å². The van der Waals surface area contributed by atoms with Gasteiger partial charge in [0.15, 0.2) is 5.75 Å². The molecule has 0 aromatic heterocycles. The molecule has 0 unspecified atom stereocenters. The molecule has 0 aliphatic carbocycles. The summed E-state index contributed by atoms with van der Waals surface area (Å²) >= 11 is 0. The molecule has 0 saturated heterocycles. The number of rotatable bonds is 4. The van der Waals surface area contributed by atoms with Crippen molar-refractivity contribution in [1.29, 1.82) is 0 Å². The summed E-state index contributed by atoms with van der Waals surface area (Å²) in [5, 5.41) is 2.55. The van der Waals surface area contributed by atoms with Crippen molar-refractivity contribution in [3.05, 3.63) is 24.3 Å². The normalized spacial score (nSPS) is 10.9. The van der Waals surface area contributed by atoms with E-state index in [2.05, 4.69) is 5.32 Å². The van der Waals surface area contributed by atoms with Gasteiger partial charge in [-0.3, -0.25) is 4.79 Å². The van der Waals surface area contributed by atoms with Gasteiger partial charge in [0.05, 0.1) is 11.9 Å². The summed E-state index contributed by atoms with van der Waals surface area (Å²) in [6, 6.07) is 6.36. The van der Waals surface area contributed by atoms with Gasteiger partial charge in [-0.25, -0.2) is 0 Å². The molecule has 1 aromatic rings. The van der Waals surface area contributed by atoms with Crippen molar-refractivity contribution in [2.24, 2.45) is 0 Å². The number of benzene rings is 1. The lowest BCUT2D eigenvalue weighted by molar-refractivity contribution is -0.115.